The van der Waals surface area contributed by atoms with Crippen LogP contribution in [0.25, 0.3) is 0 Å². The molecule has 2 heterocycles. The Morgan fingerprint density at radius 3 is 2.52 bits per heavy atom. The number of guanidine groups is 1. The number of aromatic nitrogens is 2. The van der Waals surface area contributed by atoms with Gasteiger partial charge in [0.25, 0.3) is 11.5 Å². The van der Waals surface area contributed by atoms with E-state index in [2.05, 4.69) is 46.6 Å². The van der Waals surface area contributed by atoms with Crippen LogP contribution in [0.1, 0.15) is 28.6 Å². The first-order chi connectivity index (χ1) is 13.9. The molecule has 7 nitrogen and oxygen atoms in total. The van der Waals surface area contributed by atoms with Crippen molar-refractivity contribution in [2.45, 2.75) is 26.9 Å². The smallest absolute Gasteiger partial charge is 0.357 e. The third-order valence-electron chi connectivity index (χ3n) is 5.06. The molecule has 0 saturated carbocycles. The summed E-state index contributed by atoms with van der Waals surface area (Å²) in [7, 11) is 1.63. The molecule has 0 fully saturated rings. The van der Waals surface area contributed by atoms with E-state index in [0.29, 0.717) is 17.6 Å². The summed E-state index contributed by atoms with van der Waals surface area (Å²) in [6, 6.07) is 15.3. The minimum Gasteiger partial charge on any atom is -0.497 e. The molecule has 29 heavy (non-hydrogen) atoms. The minimum absolute atomic E-state index is 0.126. The summed E-state index contributed by atoms with van der Waals surface area (Å²) in [4.78, 5) is 20.6. The van der Waals surface area contributed by atoms with Crippen LogP contribution in [-0.4, -0.2) is 22.6 Å². The van der Waals surface area contributed by atoms with Gasteiger partial charge in [0.1, 0.15) is 5.75 Å². The van der Waals surface area contributed by atoms with Crippen LogP contribution in [0.3, 0.4) is 0 Å². The topological polar surface area (TPSA) is 82.2 Å². The summed E-state index contributed by atoms with van der Waals surface area (Å²) in [5.74, 6) is 1.90. The Morgan fingerprint density at radius 2 is 1.83 bits per heavy atom. The van der Waals surface area contributed by atoms with Gasteiger partial charge < -0.3 is 4.74 Å². The molecule has 1 aromatic heterocycles. The second-order valence-corrected chi connectivity index (χ2v) is 7.17. The van der Waals surface area contributed by atoms with E-state index in [0.717, 1.165) is 17.0 Å². The number of fused-ring (bicyclic) bond motifs is 1. The second kappa shape index (κ2) is 7.43. The Labute approximate surface area is 169 Å². The first kappa shape index (κ1) is 18.7. The molecule has 7 heteroatoms. The number of nitrogens with zero attached hydrogens (tertiary/aromatic N) is 2. The Kier molecular flexibility index (Phi) is 4.80. The van der Waals surface area contributed by atoms with E-state index < -0.39 is 6.17 Å². The zero-order valence-electron chi connectivity index (χ0n) is 16.9. The van der Waals surface area contributed by atoms with E-state index in [1.165, 1.54) is 17.2 Å². The lowest BCUT2D eigenvalue weighted by atomic mass is 10.1. The molecule has 4 rings (SSSR count). The minimum atomic E-state index is -0.410. The van der Waals surface area contributed by atoms with E-state index in [4.69, 9.17) is 4.74 Å². The molecule has 0 saturated heterocycles. The molecule has 0 unspecified atom stereocenters. The van der Waals surface area contributed by atoms with Crippen LogP contribution < -0.4 is 25.9 Å². The quantitative estimate of drug-likeness (QED) is 0.634. The lowest BCUT2D eigenvalue weighted by Gasteiger charge is -2.23. The van der Waals surface area contributed by atoms with E-state index in [-0.39, 0.29) is 5.56 Å². The molecule has 3 N–H and O–H groups in total. The molecule has 0 spiro atoms. The van der Waals surface area contributed by atoms with E-state index in [1.807, 2.05) is 37.3 Å². The highest BCUT2D eigenvalue weighted by Crippen LogP contribution is 2.20. The van der Waals surface area contributed by atoms with Gasteiger partial charge in [0.2, 0.25) is 0 Å². The Balaban J connectivity index is 1.77. The van der Waals surface area contributed by atoms with Gasteiger partial charge in [-0.1, -0.05) is 6.07 Å². The Hall–Kier alpha value is -3.61. The number of rotatable bonds is 3. The third-order valence-corrected chi connectivity index (χ3v) is 5.06. The van der Waals surface area contributed by atoms with Gasteiger partial charge >= 0.3 is 5.96 Å². The van der Waals surface area contributed by atoms with E-state index >= 15 is 0 Å². The van der Waals surface area contributed by atoms with Crippen LogP contribution in [0.5, 0.6) is 5.75 Å². The highest BCUT2D eigenvalue weighted by atomic mass is 16.5. The van der Waals surface area contributed by atoms with Crippen LogP contribution in [0.4, 0.5) is 11.6 Å². The van der Waals surface area contributed by atoms with Gasteiger partial charge in [0.05, 0.1) is 12.8 Å². The third kappa shape index (κ3) is 3.71. The average molecular weight is 390 g/mol. The zero-order valence-corrected chi connectivity index (χ0v) is 16.9. The molecule has 1 aliphatic rings. The number of ether oxygens (including phenoxy) is 1. The van der Waals surface area contributed by atoms with Crippen LogP contribution in [0.15, 0.2) is 53.3 Å². The van der Waals surface area contributed by atoms with Crippen LogP contribution in [0.2, 0.25) is 0 Å². The van der Waals surface area contributed by atoms with Gasteiger partial charge in [-0.05, 0) is 68.3 Å². The molecule has 2 aromatic carbocycles. The summed E-state index contributed by atoms with van der Waals surface area (Å²) in [6.45, 7) is 5.97. The molecule has 0 radical (unpaired) electrons. The van der Waals surface area contributed by atoms with Gasteiger partial charge in [-0.15, -0.1) is 0 Å². The fourth-order valence-corrected chi connectivity index (χ4v) is 3.34. The molecule has 1 aliphatic heterocycles. The average Bonchev–Trinajstić information content (AvgIpc) is 2.70. The number of benzene rings is 2. The number of methoxy groups -OCH3 is 1. The fraction of sp³-hybridized carbons (Fsp3) is 0.227. The number of anilines is 2. The molecule has 0 aliphatic carbocycles. The van der Waals surface area contributed by atoms with Crippen molar-refractivity contribution in [2.24, 2.45) is 0 Å². The van der Waals surface area contributed by atoms with Crippen molar-refractivity contribution >= 4 is 17.6 Å². The van der Waals surface area contributed by atoms with Crippen LogP contribution >= 0.6 is 0 Å². The standard InChI is InChI=1S/C22H23N5O2/c1-13-5-8-17(11-14(13)2)24-21-25-20(16-6-9-18(29-4)10-7-16)27-19(28)12-15(3)23-22(27)26-21/h5-12,20H,1-4H3,(H2,23,24,25,26)/p+1/t20-/m1/s1. The van der Waals surface area contributed by atoms with Crippen molar-refractivity contribution in [3.8, 4) is 5.75 Å². The van der Waals surface area contributed by atoms with Crippen molar-refractivity contribution in [1.82, 2.24) is 9.55 Å². The Bertz CT molecular complexity index is 1150. The summed E-state index contributed by atoms with van der Waals surface area (Å²) in [5, 5.41) is 6.57. The van der Waals surface area contributed by atoms with Gasteiger partial charge in [0.15, 0.2) is 6.17 Å². The highest BCUT2D eigenvalue weighted by molar-refractivity contribution is 5.99. The number of nitrogens with one attached hydrogen (secondary N) is 3. The van der Waals surface area contributed by atoms with Crippen molar-refractivity contribution in [1.29, 1.82) is 0 Å². The fourth-order valence-electron chi connectivity index (χ4n) is 3.34. The summed E-state index contributed by atoms with van der Waals surface area (Å²) in [5.41, 5.74) is 4.83. The maximum Gasteiger partial charge on any atom is 0.357 e. The van der Waals surface area contributed by atoms with Crippen LogP contribution in [-0.2, 0) is 0 Å². The molecule has 3 aromatic rings. The lowest BCUT2D eigenvalue weighted by molar-refractivity contribution is -0.520. The summed E-state index contributed by atoms with van der Waals surface area (Å²) < 4.78 is 6.87. The van der Waals surface area contributed by atoms with Gasteiger partial charge in [0, 0.05) is 17.3 Å². The van der Waals surface area contributed by atoms with Crippen molar-refractivity contribution in [2.75, 3.05) is 17.7 Å². The molecular formula is C22H24N5O2+. The van der Waals surface area contributed by atoms with Crippen molar-refractivity contribution < 1.29 is 9.73 Å². The van der Waals surface area contributed by atoms with Crippen molar-refractivity contribution in [3.05, 3.63) is 81.3 Å². The molecule has 1 atom stereocenters. The highest BCUT2D eigenvalue weighted by Gasteiger charge is 2.29. The Morgan fingerprint density at radius 1 is 1.07 bits per heavy atom. The molecule has 0 amide bonds. The van der Waals surface area contributed by atoms with E-state index in [1.54, 1.807) is 11.7 Å². The number of hydrogen-bond donors (Lipinski definition) is 3. The number of aryl methyl sites for hydroxylation is 3. The first-order valence-corrected chi connectivity index (χ1v) is 9.43. The van der Waals surface area contributed by atoms with Gasteiger partial charge in [-0.25, -0.2) is 20.2 Å². The maximum absolute atomic E-state index is 12.7. The van der Waals surface area contributed by atoms with E-state index in [9.17, 15) is 4.79 Å². The van der Waals surface area contributed by atoms with Crippen LogP contribution in [0, 0.1) is 20.8 Å². The predicted molar refractivity (Wildman–Crippen MR) is 113 cm³/mol. The second-order valence-electron chi connectivity index (χ2n) is 7.17. The largest absolute Gasteiger partial charge is 0.497 e. The normalized spacial score (nSPS) is 15.2. The van der Waals surface area contributed by atoms with Gasteiger partial charge in [-0.2, -0.15) is 0 Å². The monoisotopic (exact) mass is 390 g/mol. The first-order valence-electron chi connectivity index (χ1n) is 9.43. The zero-order chi connectivity index (χ0) is 20.5. The number of hydrogen-bond acceptors (Lipinski definition) is 5. The lowest BCUT2D eigenvalue weighted by Crippen LogP contribution is -2.82. The molecular weight excluding hydrogens is 366 g/mol. The molecule has 148 valence electrons. The van der Waals surface area contributed by atoms with Gasteiger partial charge in [-0.3, -0.25) is 9.79 Å². The maximum atomic E-state index is 12.7. The summed E-state index contributed by atoms with van der Waals surface area (Å²) in [6.07, 6.45) is -0.410. The summed E-state index contributed by atoms with van der Waals surface area (Å²) >= 11 is 0. The molecule has 0 bridgehead atoms. The van der Waals surface area contributed by atoms with Crippen molar-refractivity contribution in [3.63, 3.8) is 0 Å². The SMILES string of the molecule is COc1ccc([C@@H]2[NH+]=C(Nc3ccc(C)c(C)c3)Nc3nc(C)cc(=O)n32)cc1. The predicted octanol–water partition coefficient (Wildman–Crippen LogP) is 1.70.